The van der Waals surface area contributed by atoms with Gasteiger partial charge in [0.05, 0.1) is 40.4 Å². The lowest BCUT2D eigenvalue weighted by atomic mass is 9.51. The summed E-state index contributed by atoms with van der Waals surface area (Å²) in [5.41, 5.74) is 0.0806. The number of benzene rings is 3. The highest BCUT2D eigenvalue weighted by Crippen LogP contribution is 2.65. The summed E-state index contributed by atoms with van der Waals surface area (Å²) >= 11 is 7.58. The Labute approximate surface area is 272 Å². The molecule has 8 rings (SSSR count). The van der Waals surface area contributed by atoms with Crippen molar-refractivity contribution in [2.75, 3.05) is 4.90 Å². The number of hydrogen-bond acceptors (Lipinski definition) is 6. The lowest BCUT2D eigenvalue weighted by molar-refractivity contribution is -0.141. The fourth-order valence-corrected chi connectivity index (χ4v) is 9.43. The third-order valence-corrected chi connectivity index (χ3v) is 11.8. The first kappa shape index (κ1) is 29.1. The molecule has 3 aromatic carbocycles. The maximum atomic E-state index is 14.7. The van der Waals surface area contributed by atoms with Crippen molar-refractivity contribution in [3.63, 3.8) is 0 Å². The zero-order chi connectivity index (χ0) is 32.1. The molecule has 2 saturated heterocycles. The van der Waals surface area contributed by atoms with Crippen LogP contribution in [0.3, 0.4) is 0 Å². The number of nitrogens with zero attached hydrogens (tertiary/aromatic N) is 2. The van der Waals surface area contributed by atoms with Crippen LogP contribution in [0.2, 0.25) is 5.02 Å². The van der Waals surface area contributed by atoms with Crippen molar-refractivity contribution in [3.05, 3.63) is 105 Å². The zero-order valence-corrected chi connectivity index (χ0v) is 26.2. The minimum absolute atomic E-state index is 0.0241. The number of fused-ring (bicyclic) bond motifs is 5. The van der Waals surface area contributed by atoms with Crippen LogP contribution in [-0.4, -0.2) is 33.6 Å². The summed E-state index contributed by atoms with van der Waals surface area (Å²) < 4.78 is 14.2. The molecule has 6 atom stereocenters. The van der Waals surface area contributed by atoms with Gasteiger partial charge in [-0.25, -0.2) is 9.29 Å². The van der Waals surface area contributed by atoms with E-state index >= 15 is 0 Å². The van der Waals surface area contributed by atoms with Gasteiger partial charge in [-0.15, -0.1) is 11.3 Å². The Hall–Kier alpha value is -4.34. The van der Waals surface area contributed by atoms with Gasteiger partial charge in [-0.3, -0.25) is 24.1 Å². The van der Waals surface area contributed by atoms with E-state index in [1.54, 1.807) is 19.1 Å². The van der Waals surface area contributed by atoms with Gasteiger partial charge in [-0.05, 0) is 72.2 Å². The predicted octanol–water partition coefficient (Wildman–Crippen LogP) is 6.83. The highest BCUT2D eigenvalue weighted by molar-refractivity contribution is 7.09. The number of phenolic OH excluding ortho intramolecular Hbond substituents is 1. The topological polar surface area (TPSA) is 95.0 Å². The number of aromatic hydroxyl groups is 1. The largest absolute Gasteiger partial charge is 0.508 e. The number of rotatable bonds is 4. The summed E-state index contributed by atoms with van der Waals surface area (Å²) in [6.07, 6.45) is 2.45. The number of carbonyl (C=O) groups excluding carboxylic acids is 4. The first-order valence-corrected chi connectivity index (χ1v) is 16.5. The molecule has 10 heteroatoms. The molecule has 1 aromatic heterocycles. The summed E-state index contributed by atoms with van der Waals surface area (Å²) in [4.78, 5) is 60.2. The van der Waals surface area contributed by atoms with Crippen LogP contribution in [0, 0.1) is 34.9 Å². The lowest BCUT2D eigenvalue weighted by Gasteiger charge is -2.49. The van der Waals surface area contributed by atoms with Gasteiger partial charge < -0.3 is 5.11 Å². The Balaban J connectivity index is 1.31. The number of carbonyl (C=O) groups is 4. The van der Waals surface area contributed by atoms with Crippen molar-refractivity contribution in [2.24, 2.45) is 29.1 Å². The molecule has 4 aliphatic rings. The third-order valence-electron chi connectivity index (χ3n) is 10.7. The van der Waals surface area contributed by atoms with E-state index in [-0.39, 0.29) is 41.2 Å². The molecule has 232 valence electrons. The summed E-state index contributed by atoms with van der Waals surface area (Å²) in [5.74, 6) is -5.63. The average molecular weight is 655 g/mol. The van der Waals surface area contributed by atoms with Crippen LogP contribution in [0.15, 0.2) is 83.8 Å². The molecular weight excluding hydrogens is 627 g/mol. The Morgan fingerprint density at radius 3 is 2.54 bits per heavy atom. The molecule has 2 aliphatic heterocycles. The Morgan fingerprint density at radius 1 is 0.978 bits per heavy atom. The molecule has 46 heavy (non-hydrogen) atoms. The molecule has 1 N–H and O–H groups in total. The molecule has 0 bridgehead atoms. The van der Waals surface area contributed by atoms with Gasteiger partial charge in [-0.2, -0.15) is 0 Å². The van der Waals surface area contributed by atoms with E-state index in [9.17, 15) is 28.7 Å². The van der Waals surface area contributed by atoms with E-state index < -0.39 is 52.6 Å². The molecule has 1 saturated carbocycles. The number of imide groups is 2. The molecule has 6 unspecified atom stereocenters. The van der Waals surface area contributed by atoms with E-state index in [0.717, 1.165) is 32.2 Å². The number of thiophene rings is 1. The maximum absolute atomic E-state index is 14.7. The highest BCUT2D eigenvalue weighted by atomic mass is 35.5. The number of allylic oxidation sites excluding steroid dienone is 2. The van der Waals surface area contributed by atoms with Crippen LogP contribution in [0.5, 0.6) is 5.75 Å². The van der Waals surface area contributed by atoms with Gasteiger partial charge in [0.1, 0.15) is 11.6 Å². The van der Waals surface area contributed by atoms with Crippen molar-refractivity contribution < 1.29 is 28.7 Å². The zero-order valence-electron chi connectivity index (χ0n) is 24.7. The maximum Gasteiger partial charge on any atom is 0.241 e. The second-order valence-electron chi connectivity index (χ2n) is 12.8. The number of anilines is 1. The molecule has 0 spiro atoms. The Bertz CT molecular complexity index is 2030. The first-order chi connectivity index (χ1) is 22.1. The smallest absolute Gasteiger partial charge is 0.241 e. The number of hydrogen-bond donors (Lipinski definition) is 1. The summed E-state index contributed by atoms with van der Waals surface area (Å²) in [7, 11) is 0. The van der Waals surface area contributed by atoms with E-state index in [4.69, 9.17) is 11.6 Å². The standard InChI is InChI=1S/C36H28ClFN2O5S/c1-36-25(33(43)40(35(36)45)19-9-12-27(38)26(37)15-19)16-24-22(31(36)30-21-7-3-2-5-18(21)8-13-28(30)41)10-11-23-29(24)34(44)39(32(23)42)17-20-6-4-14-46-20/h2-10,12-15,23-25,29,31,41H,11,16-17H2,1H3. The summed E-state index contributed by atoms with van der Waals surface area (Å²) in [6.45, 7) is 1.94. The summed E-state index contributed by atoms with van der Waals surface area (Å²) in [6, 6.07) is 18.4. The minimum Gasteiger partial charge on any atom is -0.508 e. The number of likely N-dealkylation sites (tertiary alicyclic amines) is 1. The van der Waals surface area contributed by atoms with Gasteiger partial charge in [0.25, 0.3) is 0 Å². The lowest BCUT2D eigenvalue weighted by Crippen LogP contribution is -2.49. The van der Waals surface area contributed by atoms with Crippen molar-refractivity contribution in [3.8, 4) is 5.75 Å². The first-order valence-electron chi connectivity index (χ1n) is 15.2. The third kappa shape index (κ3) is 3.94. The molecule has 7 nitrogen and oxygen atoms in total. The molecule has 0 radical (unpaired) electrons. The van der Waals surface area contributed by atoms with E-state index in [0.29, 0.717) is 12.0 Å². The van der Waals surface area contributed by atoms with Crippen molar-refractivity contribution in [1.29, 1.82) is 0 Å². The summed E-state index contributed by atoms with van der Waals surface area (Å²) in [5, 5.41) is 14.8. The fraction of sp³-hybridized carbons (Fsp3) is 0.278. The average Bonchev–Trinajstić information content (AvgIpc) is 3.70. The van der Waals surface area contributed by atoms with Crippen LogP contribution >= 0.6 is 22.9 Å². The molecular formula is C36H28ClFN2O5S. The Morgan fingerprint density at radius 2 is 1.78 bits per heavy atom. The van der Waals surface area contributed by atoms with Gasteiger partial charge in [-0.1, -0.05) is 59.6 Å². The van der Waals surface area contributed by atoms with Gasteiger partial charge >= 0.3 is 0 Å². The van der Waals surface area contributed by atoms with E-state index in [1.807, 2.05) is 47.9 Å². The van der Waals surface area contributed by atoms with Crippen LogP contribution in [0.25, 0.3) is 10.8 Å². The number of phenols is 1. The van der Waals surface area contributed by atoms with Crippen LogP contribution in [0.4, 0.5) is 10.1 Å². The van der Waals surface area contributed by atoms with Crippen molar-refractivity contribution >= 4 is 63.0 Å². The van der Waals surface area contributed by atoms with Crippen LogP contribution in [0.1, 0.15) is 36.1 Å². The van der Waals surface area contributed by atoms with Gasteiger partial charge in [0.15, 0.2) is 0 Å². The second-order valence-corrected chi connectivity index (χ2v) is 14.3. The van der Waals surface area contributed by atoms with E-state index in [2.05, 4.69) is 0 Å². The molecule has 2 aliphatic carbocycles. The normalized spacial score (nSPS) is 28.8. The van der Waals surface area contributed by atoms with Crippen LogP contribution in [-0.2, 0) is 25.7 Å². The molecule has 3 fully saturated rings. The molecule has 4 amide bonds. The highest BCUT2D eigenvalue weighted by Gasteiger charge is 2.68. The van der Waals surface area contributed by atoms with Crippen molar-refractivity contribution in [1.82, 2.24) is 4.90 Å². The van der Waals surface area contributed by atoms with E-state index in [1.165, 1.54) is 28.4 Å². The second kappa shape index (κ2) is 10.3. The minimum atomic E-state index is -1.36. The SMILES string of the molecule is CC12C(=O)N(c3ccc(F)c(Cl)c3)C(=O)C1CC1C(=CCC3C(=O)N(Cc4cccs4)C(=O)C31)C2c1c(O)ccc2ccccc12. The number of amides is 4. The van der Waals surface area contributed by atoms with Gasteiger partial charge in [0.2, 0.25) is 23.6 Å². The Kier molecular flexibility index (Phi) is 6.54. The quantitative estimate of drug-likeness (QED) is 0.192. The van der Waals surface area contributed by atoms with Gasteiger partial charge in [0, 0.05) is 16.4 Å². The predicted molar refractivity (Wildman–Crippen MR) is 172 cm³/mol. The number of halogens is 2. The molecule has 4 aromatic rings. The monoisotopic (exact) mass is 654 g/mol. The van der Waals surface area contributed by atoms with Crippen molar-refractivity contribution in [2.45, 2.75) is 32.2 Å². The fourth-order valence-electron chi connectivity index (χ4n) is 8.56. The van der Waals surface area contributed by atoms with Crippen LogP contribution < -0.4 is 4.90 Å². The molecule has 3 heterocycles.